The number of halogens is 2. The molecule has 0 fully saturated rings. The first-order valence-electron chi connectivity index (χ1n) is 6.89. The van der Waals surface area contributed by atoms with Gasteiger partial charge in [0.2, 0.25) is 0 Å². The van der Waals surface area contributed by atoms with Crippen LogP contribution in [0.4, 0.5) is 4.39 Å². The van der Waals surface area contributed by atoms with Gasteiger partial charge in [-0.1, -0.05) is 40.2 Å². The third-order valence-corrected chi connectivity index (χ3v) is 4.66. The number of nitrogens with one attached hydrogen (secondary N) is 1. The van der Waals surface area contributed by atoms with Crippen molar-refractivity contribution in [2.75, 3.05) is 7.05 Å². The second-order valence-corrected chi connectivity index (χ2v) is 6.26. The fraction of sp³-hybridized carbons (Fsp3) is 0.294. The molecular formula is C17H17BrFN. The minimum absolute atomic E-state index is 0.0471. The minimum atomic E-state index is -0.139. The van der Waals surface area contributed by atoms with Crippen molar-refractivity contribution in [2.24, 2.45) is 0 Å². The molecule has 0 saturated heterocycles. The van der Waals surface area contributed by atoms with Gasteiger partial charge in [-0.25, -0.2) is 4.39 Å². The predicted molar refractivity (Wildman–Crippen MR) is 83.4 cm³/mol. The first-order chi connectivity index (χ1) is 9.69. The molecule has 1 aliphatic carbocycles. The Labute approximate surface area is 127 Å². The zero-order chi connectivity index (χ0) is 14.1. The lowest BCUT2D eigenvalue weighted by Gasteiger charge is -2.33. The SMILES string of the molecule is CNC(CC1Cc2ccccc21)c1cc(Br)ccc1F. The Hall–Kier alpha value is -1.19. The molecule has 0 aliphatic heterocycles. The maximum atomic E-state index is 14.0. The highest BCUT2D eigenvalue weighted by Gasteiger charge is 2.29. The van der Waals surface area contributed by atoms with E-state index in [-0.39, 0.29) is 11.9 Å². The van der Waals surface area contributed by atoms with E-state index in [0.717, 1.165) is 22.9 Å². The Kier molecular flexibility index (Phi) is 3.90. The Bertz CT molecular complexity index is 626. The fourth-order valence-electron chi connectivity index (χ4n) is 3.04. The fourth-order valence-corrected chi connectivity index (χ4v) is 3.42. The number of hydrogen-bond acceptors (Lipinski definition) is 1. The summed E-state index contributed by atoms with van der Waals surface area (Å²) < 4.78 is 14.9. The molecule has 0 aromatic heterocycles. The highest BCUT2D eigenvalue weighted by Crippen LogP contribution is 2.41. The van der Waals surface area contributed by atoms with E-state index in [2.05, 4.69) is 45.5 Å². The van der Waals surface area contributed by atoms with E-state index in [1.807, 2.05) is 13.1 Å². The topological polar surface area (TPSA) is 12.0 Å². The van der Waals surface area contributed by atoms with Gasteiger partial charge in [-0.2, -0.15) is 0 Å². The van der Waals surface area contributed by atoms with Crippen LogP contribution in [0.15, 0.2) is 46.9 Å². The van der Waals surface area contributed by atoms with Gasteiger partial charge in [0, 0.05) is 16.1 Å². The van der Waals surface area contributed by atoms with E-state index in [1.165, 1.54) is 17.2 Å². The first kappa shape index (κ1) is 13.8. The molecule has 2 aromatic carbocycles. The first-order valence-corrected chi connectivity index (χ1v) is 7.68. The molecule has 0 saturated carbocycles. The Balaban J connectivity index is 1.80. The van der Waals surface area contributed by atoms with Gasteiger partial charge in [-0.05, 0) is 55.1 Å². The summed E-state index contributed by atoms with van der Waals surface area (Å²) in [7, 11) is 1.90. The van der Waals surface area contributed by atoms with Crippen LogP contribution < -0.4 is 5.32 Å². The summed E-state index contributed by atoms with van der Waals surface area (Å²) in [5.41, 5.74) is 3.59. The van der Waals surface area contributed by atoms with Crippen molar-refractivity contribution >= 4 is 15.9 Å². The molecule has 0 spiro atoms. The molecule has 2 aromatic rings. The Morgan fingerprint density at radius 1 is 1.30 bits per heavy atom. The van der Waals surface area contributed by atoms with Crippen molar-refractivity contribution in [3.8, 4) is 0 Å². The molecule has 0 heterocycles. The molecule has 0 bridgehead atoms. The summed E-state index contributed by atoms with van der Waals surface area (Å²) in [6.45, 7) is 0. The predicted octanol–water partition coefficient (Wildman–Crippen LogP) is 4.58. The van der Waals surface area contributed by atoms with E-state index in [9.17, 15) is 4.39 Å². The Morgan fingerprint density at radius 3 is 2.85 bits per heavy atom. The van der Waals surface area contributed by atoms with Crippen molar-refractivity contribution < 1.29 is 4.39 Å². The largest absolute Gasteiger partial charge is 0.313 e. The molecule has 0 amide bonds. The third kappa shape index (κ3) is 2.52. The van der Waals surface area contributed by atoms with Gasteiger partial charge in [0.1, 0.15) is 5.82 Å². The van der Waals surface area contributed by atoms with E-state index >= 15 is 0 Å². The van der Waals surface area contributed by atoms with Gasteiger partial charge in [0.25, 0.3) is 0 Å². The van der Waals surface area contributed by atoms with Gasteiger partial charge >= 0.3 is 0 Å². The van der Waals surface area contributed by atoms with Crippen LogP contribution in [-0.4, -0.2) is 7.05 Å². The summed E-state index contributed by atoms with van der Waals surface area (Å²) in [5.74, 6) is 0.391. The molecule has 1 N–H and O–H groups in total. The summed E-state index contributed by atoms with van der Waals surface area (Å²) in [5, 5.41) is 3.26. The van der Waals surface area contributed by atoms with E-state index < -0.39 is 0 Å². The molecule has 2 unspecified atom stereocenters. The van der Waals surface area contributed by atoms with Gasteiger partial charge < -0.3 is 5.32 Å². The Morgan fingerprint density at radius 2 is 2.10 bits per heavy atom. The maximum absolute atomic E-state index is 14.0. The van der Waals surface area contributed by atoms with Crippen molar-refractivity contribution in [3.63, 3.8) is 0 Å². The zero-order valence-electron chi connectivity index (χ0n) is 11.4. The number of fused-ring (bicyclic) bond motifs is 1. The van der Waals surface area contributed by atoms with Crippen molar-refractivity contribution in [1.29, 1.82) is 0 Å². The van der Waals surface area contributed by atoms with Crippen LogP contribution in [-0.2, 0) is 6.42 Å². The quantitative estimate of drug-likeness (QED) is 0.863. The zero-order valence-corrected chi connectivity index (χ0v) is 13.0. The van der Waals surface area contributed by atoms with Crippen LogP contribution in [0.3, 0.4) is 0 Å². The highest BCUT2D eigenvalue weighted by atomic mass is 79.9. The van der Waals surface area contributed by atoms with Crippen LogP contribution in [0.25, 0.3) is 0 Å². The van der Waals surface area contributed by atoms with E-state index in [0.29, 0.717) is 5.92 Å². The smallest absolute Gasteiger partial charge is 0.128 e. The van der Waals surface area contributed by atoms with Crippen LogP contribution >= 0.6 is 15.9 Å². The van der Waals surface area contributed by atoms with Crippen LogP contribution in [0, 0.1) is 5.82 Å². The monoisotopic (exact) mass is 333 g/mol. The van der Waals surface area contributed by atoms with Crippen LogP contribution in [0.1, 0.15) is 35.1 Å². The highest BCUT2D eigenvalue weighted by molar-refractivity contribution is 9.10. The second-order valence-electron chi connectivity index (χ2n) is 5.34. The third-order valence-electron chi connectivity index (χ3n) is 4.16. The summed E-state index contributed by atoms with van der Waals surface area (Å²) in [6, 6.07) is 13.7. The number of benzene rings is 2. The molecule has 1 aliphatic rings. The van der Waals surface area contributed by atoms with Crippen LogP contribution in [0.5, 0.6) is 0 Å². The lowest BCUT2D eigenvalue weighted by Crippen LogP contribution is -2.25. The average Bonchev–Trinajstić information content (AvgIpc) is 2.43. The average molecular weight is 334 g/mol. The summed E-state index contributed by atoms with van der Waals surface area (Å²) in [4.78, 5) is 0. The van der Waals surface area contributed by atoms with Crippen molar-refractivity contribution in [3.05, 3.63) is 69.4 Å². The van der Waals surface area contributed by atoms with Gasteiger partial charge in [0.05, 0.1) is 0 Å². The molecule has 0 radical (unpaired) electrons. The van der Waals surface area contributed by atoms with Gasteiger partial charge in [-0.3, -0.25) is 0 Å². The van der Waals surface area contributed by atoms with Crippen LogP contribution in [0.2, 0.25) is 0 Å². The lowest BCUT2D eigenvalue weighted by molar-refractivity contribution is 0.437. The lowest BCUT2D eigenvalue weighted by atomic mass is 9.74. The molecule has 3 heteroatoms. The van der Waals surface area contributed by atoms with Gasteiger partial charge in [0.15, 0.2) is 0 Å². The number of hydrogen-bond donors (Lipinski definition) is 1. The van der Waals surface area contributed by atoms with Gasteiger partial charge in [-0.15, -0.1) is 0 Å². The normalized spacial score (nSPS) is 18.2. The standard InChI is InChI=1S/C17H17BrFN/c1-20-17(15-10-13(18)6-7-16(15)19)9-12-8-11-4-2-3-5-14(11)12/h2-7,10,12,17,20H,8-9H2,1H3. The van der Waals surface area contributed by atoms with Crippen molar-refractivity contribution in [2.45, 2.75) is 24.8 Å². The number of rotatable bonds is 4. The van der Waals surface area contributed by atoms with E-state index in [4.69, 9.17) is 0 Å². The minimum Gasteiger partial charge on any atom is -0.313 e. The molecule has 20 heavy (non-hydrogen) atoms. The molecular weight excluding hydrogens is 317 g/mol. The molecule has 1 nitrogen and oxygen atoms in total. The molecule has 104 valence electrons. The second kappa shape index (κ2) is 5.66. The molecule has 2 atom stereocenters. The van der Waals surface area contributed by atoms with Crippen molar-refractivity contribution in [1.82, 2.24) is 5.32 Å². The van der Waals surface area contributed by atoms with E-state index in [1.54, 1.807) is 6.07 Å². The maximum Gasteiger partial charge on any atom is 0.128 e. The summed E-state index contributed by atoms with van der Waals surface area (Å²) >= 11 is 3.42. The molecule has 3 rings (SSSR count). The summed E-state index contributed by atoms with van der Waals surface area (Å²) in [6.07, 6.45) is 2.03.